The average molecular weight is 293 g/mol. The van der Waals surface area contributed by atoms with E-state index in [4.69, 9.17) is 10.2 Å². The van der Waals surface area contributed by atoms with Gasteiger partial charge in [0.1, 0.15) is 0 Å². The zero-order valence-electron chi connectivity index (χ0n) is 9.92. The predicted octanol–water partition coefficient (Wildman–Crippen LogP) is 2.64. The fourth-order valence-corrected chi connectivity index (χ4v) is 0.494. The molecule has 0 bridgehead atoms. The monoisotopic (exact) mass is 293 g/mol. The molecule has 0 heterocycles. The Morgan fingerprint density at radius 1 is 0.857 bits per heavy atom. The second-order valence-electron chi connectivity index (χ2n) is 1.93. The Morgan fingerprint density at radius 3 is 1.00 bits per heavy atom. The van der Waals surface area contributed by atoms with Crippen LogP contribution < -0.4 is 0 Å². The van der Waals surface area contributed by atoms with Crippen LogP contribution >= 0.6 is 0 Å². The van der Waals surface area contributed by atoms with Gasteiger partial charge in [-0.25, -0.2) is 0 Å². The van der Waals surface area contributed by atoms with E-state index < -0.39 is 0 Å². The van der Waals surface area contributed by atoms with Gasteiger partial charge in [-0.05, 0) is 20.3 Å². The molecule has 0 aliphatic carbocycles. The van der Waals surface area contributed by atoms with Gasteiger partial charge in [0.05, 0.1) is 12.2 Å². The normalized spacial score (nSPS) is 10.0. The summed E-state index contributed by atoms with van der Waals surface area (Å²) in [4.78, 5) is 0. The summed E-state index contributed by atoms with van der Waals surface area (Å²) in [6, 6.07) is 0. The van der Waals surface area contributed by atoms with Crippen LogP contribution in [0.3, 0.4) is 0 Å². The second-order valence-corrected chi connectivity index (χ2v) is 1.93. The summed E-state index contributed by atoms with van der Waals surface area (Å²) in [6.07, 6.45) is -0.278. The molecule has 2 unspecified atom stereocenters. The van der Waals surface area contributed by atoms with Crippen molar-refractivity contribution in [2.75, 3.05) is 0 Å². The Bertz CT molecular complexity index is 58.3. The number of hydrogen-bond donors (Lipinski definition) is 2. The maximum absolute atomic E-state index is 8.56. The third-order valence-corrected chi connectivity index (χ3v) is 0.682. The van der Waals surface area contributed by atoms with Crippen LogP contribution in [-0.2, 0) is 19.5 Å². The first-order chi connectivity index (χ1) is 5.13. The van der Waals surface area contributed by atoms with Crippen molar-refractivity contribution in [3.8, 4) is 0 Å². The van der Waals surface area contributed by atoms with Crippen LogP contribution in [0.25, 0.3) is 0 Å². The maximum Gasteiger partial charge on any atom is 2.00 e. The molecule has 0 saturated heterocycles. The minimum absolute atomic E-state index is 0. The zero-order valence-corrected chi connectivity index (χ0v) is 11.6. The van der Waals surface area contributed by atoms with Crippen LogP contribution in [0, 0.1) is 14.9 Å². The van der Waals surface area contributed by atoms with Gasteiger partial charge in [-0.3, -0.25) is 0 Å². The van der Waals surface area contributed by atoms with Gasteiger partial charge in [-0.15, -0.1) is 26.3 Å². The van der Waals surface area contributed by atoms with Crippen molar-refractivity contribution in [2.24, 2.45) is 0 Å². The van der Waals surface area contributed by atoms with Crippen LogP contribution in [0.4, 0.5) is 0 Å². The van der Waals surface area contributed by atoms with E-state index in [-0.39, 0.29) is 46.5 Å². The molecule has 0 aromatic rings. The van der Waals surface area contributed by atoms with Crippen molar-refractivity contribution in [3.63, 3.8) is 0 Å². The van der Waals surface area contributed by atoms with E-state index in [1.165, 1.54) is 0 Å². The third-order valence-electron chi connectivity index (χ3n) is 0.682. The number of rotatable bonds is 2. The Kier molecular flexibility index (Phi) is 101. The Labute approximate surface area is 104 Å². The van der Waals surface area contributed by atoms with Gasteiger partial charge in [0, 0.05) is 0 Å². The van der Waals surface area contributed by atoms with Gasteiger partial charge < -0.3 is 25.1 Å². The summed E-state index contributed by atoms with van der Waals surface area (Å²) >= 11 is 0. The summed E-state index contributed by atoms with van der Waals surface area (Å²) in [5, 5.41) is 17.1. The minimum atomic E-state index is -0.375. The molecule has 0 aromatic carbocycles. The molecule has 1 radical (unpaired) electrons. The van der Waals surface area contributed by atoms with Crippen molar-refractivity contribution < 1.29 is 29.7 Å². The number of aliphatic hydroxyl groups is 2. The van der Waals surface area contributed by atoms with Crippen molar-refractivity contribution in [1.82, 2.24) is 0 Å². The Hall–Kier alpha value is 0.0234. The largest absolute Gasteiger partial charge is 2.00 e. The molecule has 2 atom stereocenters. The first kappa shape index (κ1) is 36.9. The molecule has 3 heteroatoms. The van der Waals surface area contributed by atoms with Gasteiger partial charge in [0.25, 0.3) is 0 Å². The minimum Gasteiger partial charge on any atom is -0.393 e. The topological polar surface area (TPSA) is 40.5 Å². The van der Waals surface area contributed by atoms with E-state index >= 15 is 0 Å². The maximum atomic E-state index is 8.56. The molecular formula is C11H26O2Rh. The van der Waals surface area contributed by atoms with Crippen molar-refractivity contribution in [3.05, 3.63) is 41.2 Å². The first-order valence-corrected chi connectivity index (χ1v) is 3.49. The van der Waals surface area contributed by atoms with Gasteiger partial charge >= 0.3 is 19.5 Å². The van der Waals surface area contributed by atoms with Crippen LogP contribution in [-0.4, -0.2) is 22.4 Å². The SMILES string of the molecule is C=C.C=C.CC(O)CC(C)O.[CH3-].[CH3-].[Rh+2]. The molecule has 0 spiro atoms. The van der Waals surface area contributed by atoms with Crippen LogP contribution in [0.5, 0.6) is 0 Å². The van der Waals surface area contributed by atoms with Crippen molar-refractivity contribution in [2.45, 2.75) is 32.5 Å². The summed E-state index contributed by atoms with van der Waals surface area (Å²) < 4.78 is 0. The van der Waals surface area contributed by atoms with Crippen LogP contribution in [0.2, 0.25) is 0 Å². The molecule has 91 valence electrons. The molecule has 14 heavy (non-hydrogen) atoms. The smallest absolute Gasteiger partial charge is 0.393 e. The van der Waals surface area contributed by atoms with Crippen molar-refractivity contribution in [1.29, 1.82) is 0 Å². The van der Waals surface area contributed by atoms with Gasteiger partial charge in [0.15, 0.2) is 0 Å². The molecule has 0 fully saturated rings. The molecule has 0 aliphatic rings. The predicted molar refractivity (Wildman–Crippen MR) is 63.3 cm³/mol. The molecule has 0 amide bonds. The zero-order chi connectivity index (χ0) is 9.86. The van der Waals surface area contributed by atoms with Crippen LogP contribution in [0.15, 0.2) is 26.3 Å². The van der Waals surface area contributed by atoms with E-state index in [0.717, 1.165) is 0 Å². The van der Waals surface area contributed by atoms with E-state index in [2.05, 4.69) is 26.3 Å². The first-order valence-electron chi connectivity index (χ1n) is 3.49. The summed E-state index contributed by atoms with van der Waals surface area (Å²) in [5.41, 5.74) is 0. The van der Waals surface area contributed by atoms with E-state index in [1.54, 1.807) is 13.8 Å². The molecule has 2 N–H and O–H groups in total. The summed E-state index contributed by atoms with van der Waals surface area (Å²) in [7, 11) is 0. The van der Waals surface area contributed by atoms with Gasteiger partial charge in [-0.1, -0.05) is 0 Å². The Balaban J connectivity index is -0.0000000205. The summed E-state index contributed by atoms with van der Waals surface area (Å²) in [5.74, 6) is 0. The molecule has 0 aliphatic heterocycles. The van der Waals surface area contributed by atoms with Crippen LogP contribution in [0.1, 0.15) is 20.3 Å². The van der Waals surface area contributed by atoms with Gasteiger partial charge in [0.2, 0.25) is 0 Å². The number of aliphatic hydroxyl groups excluding tert-OH is 2. The van der Waals surface area contributed by atoms with E-state index in [0.29, 0.717) is 6.42 Å². The molecular weight excluding hydrogens is 267 g/mol. The summed E-state index contributed by atoms with van der Waals surface area (Å²) in [6.45, 7) is 15.3. The molecule has 0 saturated carbocycles. The number of hydrogen-bond acceptors (Lipinski definition) is 2. The molecule has 0 aromatic heterocycles. The van der Waals surface area contributed by atoms with Gasteiger partial charge in [-0.2, -0.15) is 0 Å². The molecule has 2 nitrogen and oxygen atoms in total. The fourth-order valence-electron chi connectivity index (χ4n) is 0.494. The quantitative estimate of drug-likeness (QED) is 0.467. The fraction of sp³-hybridized carbons (Fsp3) is 0.455. The molecule has 0 rings (SSSR count). The van der Waals surface area contributed by atoms with Crippen molar-refractivity contribution >= 4 is 0 Å². The average Bonchev–Trinajstić information content (AvgIpc) is 1.93. The second kappa shape index (κ2) is 38.2. The Morgan fingerprint density at radius 2 is 1.00 bits per heavy atom. The standard InChI is InChI=1S/C5H12O2.2C2H4.2CH3.Rh/c1-4(6)3-5(2)7;2*1-2;;;/h4-7H,3H2,1-2H3;2*1-2H2;2*1H3;/q;;;2*-1;+2. The van der Waals surface area contributed by atoms with E-state index in [1.807, 2.05) is 0 Å². The third kappa shape index (κ3) is 90.3. The van der Waals surface area contributed by atoms with E-state index in [9.17, 15) is 0 Å².